The molecule has 0 bridgehead atoms. The average molecular weight is 303 g/mol. The molecule has 1 aromatic rings. The molecule has 2 N–H and O–H groups in total. The Balaban J connectivity index is 2.36. The number of sulfonamides is 1. The van der Waals surface area contributed by atoms with E-state index in [0.29, 0.717) is 35.3 Å². The van der Waals surface area contributed by atoms with Crippen LogP contribution in [0, 0.1) is 12.8 Å². The highest BCUT2D eigenvalue weighted by Crippen LogP contribution is 2.33. The maximum Gasteiger partial charge on any atom is 0.243 e. The Morgan fingerprint density at radius 2 is 2.05 bits per heavy atom. The molecule has 0 aromatic heterocycles. The summed E-state index contributed by atoms with van der Waals surface area (Å²) in [6, 6.07) is 2.98. The van der Waals surface area contributed by atoms with Crippen LogP contribution in [-0.2, 0) is 10.0 Å². The lowest BCUT2D eigenvalue weighted by atomic mass is 10.2. The first-order valence-corrected chi connectivity index (χ1v) is 8.23. The van der Waals surface area contributed by atoms with Crippen LogP contribution in [0.5, 0.6) is 0 Å². The van der Waals surface area contributed by atoms with Gasteiger partial charge in [0.2, 0.25) is 10.0 Å². The Labute approximate surface area is 119 Å². The van der Waals surface area contributed by atoms with Crippen LogP contribution in [0.3, 0.4) is 0 Å². The summed E-state index contributed by atoms with van der Waals surface area (Å²) in [6.07, 6.45) is 2.23. The van der Waals surface area contributed by atoms with Gasteiger partial charge in [-0.25, -0.2) is 8.42 Å². The second-order valence-electron chi connectivity index (χ2n) is 5.02. The Morgan fingerprint density at radius 1 is 1.42 bits per heavy atom. The third-order valence-corrected chi connectivity index (χ3v) is 5.82. The largest absolute Gasteiger partial charge is 0.398 e. The lowest BCUT2D eigenvalue weighted by molar-refractivity contribution is 0.412. The average Bonchev–Trinajstić information content (AvgIpc) is 3.16. The van der Waals surface area contributed by atoms with Crippen LogP contribution in [0.25, 0.3) is 0 Å². The molecule has 0 aliphatic heterocycles. The first-order valence-electron chi connectivity index (χ1n) is 6.42. The summed E-state index contributed by atoms with van der Waals surface area (Å²) in [4.78, 5) is 0.183. The summed E-state index contributed by atoms with van der Waals surface area (Å²) in [6.45, 7) is 4.67. The number of nitrogen functional groups attached to an aromatic ring is 1. The highest BCUT2D eigenvalue weighted by atomic mass is 35.5. The molecule has 1 aliphatic carbocycles. The predicted molar refractivity (Wildman–Crippen MR) is 77.8 cm³/mol. The van der Waals surface area contributed by atoms with Crippen molar-refractivity contribution >= 4 is 27.3 Å². The summed E-state index contributed by atoms with van der Waals surface area (Å²) in [5.41, 5.74) is 6.93. The number of halogens is 1. The van der Waals surface area contributed by atoms with E-state index >= 15 is 0 Å². The van der Waals surface area contributed by atoms with Gasteiger partial charge in [0, 0.05) is 23.8 Å². The molecule has 0 radical (unpaired) electrons. The Hall–Kier alpha value is -0.780. The minimum absolute atomic E-state index is 0.183. The van der Waals surface area contributed by atoms with Crippen molar-refractivity contribution in [2.24, 2.45) is 5.92 Å². The molecule has 1 fully saturated rings. The second kappa shape index (κ2) is 5.31. The van der Waals surface area contributed by atoms with Crippen molar-refractivity contribution in [3.63, 3.8) is 0 Å². The van der Waals surface area contributed by atoms with Gasteiger partial charge in [0.1, 0.15) is 0 Å². The van der Waals surface area contributed by atoms with Crippen LogP contribution >= 0.6 is 11.6 Å². The van der Waals surface area contributed by atoms with Crippen LogP contribution in [0.2, 0.25) is 5.02 Å². The van der Waals surface area contributed by atoms with Gasteiger partial charge in [0.25, 0.3) is 0 Å². The van der Waals surface area contributed by atoms with E-state index in [-0.39, 0.29) is 4.90 Å². The van der Waals surface area contributed by atoms with Gasteiger partial charge in [-0.05, 0) is 43.4 Å². The van der Waals surface area contributed by atoms with E-state index in [1.54, 1.807) is 6.92 Å². The summed E-state index contributed by atoms with van der Waals surface area (Å²) in [5.74, 6) is 0.507. The van der Waals surface area contributed by atoms with Crippen molar-refractivity contribution in [2.45, 2.75) is 31.6 Å². The van der Waals surface area contributed by atoms with Gasteiger partial charge in [-0.15, -0.1) is 0 Å². The Morgan fingerprint density at radius 3 is 2.53 bits per heavy atom. The molecule has 0 heterocycles. The number of hydrogen-bond acceptors (Lipinski definition) is 3. The number of rotatable bonds is 5. The first kappa shape index (κ1) is 14.6. The van der Waals surface area contributed by atoms with E-state index in [9.17, 15) is 8.42 Å². The molecule has 0 amide bonds. The van der Waals surface area contributed by atoms with Crippen molar-refractivity contribution in [1.29, 1.82) is 0 Å². The van der Waals surface area contributed by atoms with E-state index in [0.717, 1.165) is 12.8 Å². The maximum absolute atomic E-state index is 12.6. The fourth-order valence-corrected chi connectivity index (χ4v) is 3.84. The Bertz CT molecular complexity index is 559. The van der Waals surface area contributed by atoms with Crippen LogP contribution in [-0.4, -0.2) is 25.8 Å². The predicted octanol–water partition coefficient (Wildman–Crippen LogP) is 2.65. The van der Waals surface area contributed by atoms with E-state index in [1.807, 2.05) is 6.92 Å². The van der Waals surface area contributed by atoms with E-state index in [2.05, 4.69) is 0 Å². The molecule has 0 spiro atoms. The monoisotopic (exact) mass is 302 g/mol. The SMILES string of the molecule is CCN(CC1CC1)S(=O)(=O)c1cc(N)c(C)c(Cl)c1. The van der Waals surface area contributed by atoms with Crippen LogP contribution in [0.1, 0.15) is 25.3 Å². The molecule has 1 saturated carbocycles. The molecule has 1 aromatic carbocycles. The number of benzene rings is 1. The molecule has 0 saturated heterocycles. The number of anilines is 1. The van der Waals surface area contributed by atoms with E-state index in [4.69, 9.17) is 17.3 Å². The summed E-state index contributed by atoms with van der Waals surface area (Å²) in [7, 11) is -3.50. The van der Waals surface area contributed by atoms with Gasteiger partial charge >= 0.3 is 0 Å². The van der Waals surface area contributed by atoms with Gasteiger partial charge in [-0.1, -0.05) is 18.5 Å². The molecule has 0 atom stereocenters. The van der Waals surface area contributed by atoms with Gasteiger partial charge in [-0.3, -0.25) is 0 Å². The molecule has 6 heteroatoms. The first-order chi connectivity index (χ1) is 8.86. The fraction of sp³-hybridized carbons (Fsp3) is 0.538. The standard InChI is InChI=1S/C13H19ClN2O2S/c1-3-16(8-10-4-5-10)19(17,18)11-6-12(14)9(2)13(15)7-11/h6-7,10H,3-5,8,15H2,1-2H3. The van der Waals surface area contributed by atoms with Gasteiger partial charge < -0.3 is 5.73 Å². The third kappa shape index (κ3) is 3.04. The van der Waals surface area contributed by atoms with Crippen molar-refractivity contribution in [1.82, 2.24) is 4.31 Å². The fourth-order valence-electron chi connectivity index (χ4n) is 1.96. The molecule has 1 aliphatic rings. The summed E-state index contributed by atoms with van der Waals surface area (Å²) in [5, 5.41) is 0.390. The molecule has 106 valence electrons. The second-order valence-corrected chi connectivity index (χ2v) is 7.36. The highest BCUT2D eigenvalue weighted by molar-refractivity contribution is 7.89. The molecule has 0 unspecified atom stereocenters. The Kier molecular flexibility index (Phi) is 4.08. The minimum Gasteiger partial charge on any atom is -0.398 e. The molecular weight excluding hydrogens is 284 g/mol. The zero-order valence-corrected chi connectivity index (χ0v) is 12.8. The van der Waals surface area contributed by atoms with Crippen molar-refractivity contribution in [2.75, 3.05) is 18.8 Å². The summed E-state index contributed by atoms with van der Waals surface area (Å²) >= 11 is 6.03. The van der Waals surface area contributed by atoms with Crippen LogP contribution in [0.15, 0.2) is 17.0 Å². The van der Waals surface area contributed by atoms with Crippen molar-refractivity contribution < 1.29 is 8.42 Å². The zero-order chi connectivity index (χ0) is 14.2. The molecule has 4 nitrogen and oxygen atoms in total. The van der Waals surface area contributed by atoms with Gasteiger partial charge in [0.15, 0.2) is 0 Å². The van der Waals surface area contributed by atoms with Gasteiger partial charge in [-0.2, -0.15) is 4.31 Å². The van der Waals surface area contributed by atoms with Crippen molar-refractivity contribution in [3.8, 4) is 0 Å². The van der Waals surface area contributed by atoms with Crippen LogP contribution < -0.4 is 5.73 Å². The number of nitrogens with zero attached hydrogens (tertiary/aromatic N) is 1. The number of hydrogen-bond donors (Lipinski definition) is 1. The lowest BCUT2D eigenvalue weighted by Gasteiger charge is -2.21. The van der Waals surface area contributed by atoms with Gasteiger partial charge in [0.05, 0.1) is 4.90 Å². The third-order valence-electron chi connectivity index (χ3n) is 3.51. The molecule has 19 heavy (non-hydrogen) atoms. The maximum atomic E-state index is 12.6. The summed E-state index contributed by atoms with van der Waals surface area (Å²) < 4.78 is 26.6. The minimum atomic E-state index is -3.50. The van der Waals surface area contributed by atoms with Crippen LogP contribution in [0.4, 0.5) is 5.69 Å². The quantitative estimate of drug-likeness (QED) is 0.851. The molecule has 2 rings (SSSR count). The molecular formula is C13H19ClN2O2S. The highest BCUT2D eigenvalue weighted by Gasteiger charge is 2.31. The lowest BCUT2D eigenvalue weighted by Crippen LogP contribution is -2.32. The zero-order valence-electron chi connectivity index (χ0n) is 11.2. The normalized spacial score (nSPS) is 16.0. The topological polar surface area (TPSA) is 63.4 Å². The number of nitrogens with two attached hydrogens (primary N) is 1. The smallest absolute Gasteiger partial charge is 0.243 e. The van der Waals surface area contributed by atoms with E-state index < -0.39 is 10.0 Å². The van der Waals surface area contributed by atoms with E-state index in [1.165, 1.54) is 16.4 Å². The van der Waals surface area contributed by atoms with Crippen molar-refractivity contribution in [3.05, 3.63) is 22.7 Å².